The standard InChI is InChI=1S/C11H8N2.C7H8.C4H8/c1-2-4-10-8(3-1)9-5-6-12-7-11(9)13-10;1-7-5-3-2-4-6-7;1-3-4-2/h1-7,13H;2-6H,1H3;3H,1,4H2,2H3. The molecule has 0 saturated carbocycles. The number of hydrogen-bond donors (Lipinski definition) is 1. The van der Waals surface area contributed by atoms with Crippen LogP contribution in [0.4, 0.5) is 0 Å². The van der Waals surface area contributed by atoms with Gasteiger partial charge in [0.1, 0.15) is 0 Å². The van der Waals surface area contributed by atoms with Crippen molar-refractivity contribution in [1.29, 1.82) is 0 Å². The van der Waals surface area contributed by atoms with Crippen LogP contribution in [0.5, 0.6) is 0 Å². The second kappa shape index (κ2) is 9.31. The highest BCUT2D eigenvalue weighted by Crippen LogP contribution is 2.23. The van der Waals surface area contributed by atoms with Gasteiger partial charge in [-0.15, -0.1) is 6.58 Å². The Bertz CT molecular complexity index is 826. The van der Waals surface area contributed by atoms with E-state index < -0.39 is 0 Å². The molecule has 0 bridgehead atoms. The van der Waals surface area contributed by atoms with Crippen molar-refractivity contribution in [3.8, 4) is 0 Å². The maximum absolute atomic E-state index is 4.08. The van der Waals surface area contributed by atoms with E-state index in [9.17, 15) is 0 Å². The molecule has 0 radical (unpaired) electrons. The third-order valence-electron chi connectivity index (χ3n) is 3.54. The number of rotatable bonds is 1. The molecule has 4 aromatic rings. The number of allylic oxidation sites excluding steroid dienone is 1. The Kier molecular flexibility index (Phi) is 6.78. The Morgan fingerprint density at radius 3 is 2.17 bits per heavy atom. The fourth-order valence-electron chi connectivity index (χ4n) is 2.24. The normalized spacial score (nSPS) is 9.58. The number of H-pyrrole nitrogens is 1. The first-order valence-electron chi connectivity index (χ1n) is 8.19. The summed E-state index contributed by atoms with van der Waals surface area (Å²) in [5.41, 5.74) is 3.59. The zero-order valence-electron chi connectivity index (χ0n) is 14.4. The molecule has 0 aliphatic heterocycles. The minimum absolute atomic E-state index is 1.08. The number of aryl methyl sites for hydroxylation is 1. The molecule has 0 fully saturated rings. The molecule has 1 N–H and O–H groups in total. The molecule has 4 rings (SSSR count). The zero-order chi connectivity index (χ0) is 17.2. The topological polar surface area (TPSA) is 28.7 Å². The predicted molar refractivity (Wildman–Crippen MR) is 105 cm³/mol. The van der Waals surface area contributed by atoms with Gasteiger partial charge in [-0.2, -0.15) is 0 Å². The van der Waals surface area contributed by atoms with Gasteiger partial charge in [-0.1, -0.05) is 67.1 Å². The molecule has 0 saturated heterocycles. The van der Waals surface area contributed by atoms with Crippen molar-refractivity contribution in [2.24, 2.45) is 0 Å². The third-order valence-corrected chi connectivity index (χ3v) is 3.54. The fraction of sp³-hybridized carbons (Fsp3) is 0.136. The van der Waals surface area contributed by atoms with Crippen LogP contribution in [0.3, 0.4) is 0 Å². The molecule has 2 heteroatoms. The average molecular weight is 316 g/mol. The number of para-hydroxylation sites is 1. The lowest BCUT2D eigenvalue weighted by Crippen LogP contribution is -1.68. The summed E-state index contributed by atoms with van der Waals surface area (Å²) in [6.45, 7) is 7.62. The molecule has 0 aliphatic carbocycles. The number of fused-ring (bicyclic) bond motifs is 3. The second-order valence-electron chi connectivity index (χ2n) is 5.44. The number of nitrogens with zero attached hydrogens (tertiary/aromatic N) is 1. The van der Waals surface area contributed by atoms with E-state index in [1.807, 2.05) is 48.8 Å². The van der Waals surface area contributed by atoms with Gasteiger partial charge in [-0.3, -0.25) is 4.98 Å². The van der Waals surface area contributed by atoms with Crippen LogP contribution in [0.25, 0.3) is 21.8 Å². The lowest BCUT2D eigenvalue weighted by molar-refractivity contribution is 1.23. The molecular formula is C22H24N2. The molecule has 0 atom stereocenters. The fourth-order valence-corrected chi connectivity index (χ4v) is 2.24. The largest absolute Gasteiger partial charge is 0.353 e. The summed E-state index contributed by atoms with van der Waals surface area (Å²) < 4.78 is 0. The van der Waals surface area contributed by atoms with E-state index in [0.717, 1.165) is 11.9 Å². The van der Waals surface area contributed by atoms with Crippen molar-refractivity contribution in [3.05, 3.63) is 91.3 Å². The first kappa shape index (κ1) is 17.5. The summed E-state index contributed by atoms with van der Waals surface area (Å²) in [5.74, 6) is 0. The summed E-state index contributed by atoms with van der Waals surface area (Å²) in [6, 6.07) is 20.6. The van der Waals surface area contributed by atoms with Crippen LogP contribution >= 0.6 is 0 Å². The number of aromatic nitrogens is 2. The van der Waals surface area contributed by atoms with Crippen molar-refractivity contribution in [2.75, 3.05) is 0 Å². The van der Waals surface area contributed by atoms with Crippen molar-refractivity contribution in [1.82, 2.24) is 9.97 Å². The van der Waals surface area contributed by atoms with Crippen LogP contribution in [0.2, 0.25) is 0 Å². The monoisotopic (exact) mass is 316 g/mol. The predicted octanol–water partition coefficient (Wildman–Crippen LogP) is 6.29. The lowest BCUT2D eigenvalue weighted by Gasteiger charge is -1.87. The summed E-state index contributed by atoms with van der Waals surface area (Å²) in [6.07, 6.45) is 6.64. The highest BCUT2D eigenvalue weighted by molar-refractivity contribution is 6.06. The highest BCUT2D eigenvalue weighted by atomic mass is 14.7. The van der Waals surface area contributed by atoms with Crippen LogP contribution < -0.4 is 0 Å². The minimum atomic E-state index is 1.08. The van der Waals surface area contributed by atoms with E-state index in [4.69, 9.17) is 0 Å². The van der Waals surface area contributed by atoms with Gasteiger partial charge < -0.3 is 4.98 Å². The average Bonchev–Trinajstić information content (AvgIpc) is 3.02. The smallest absolute Gasteiger partial charge is 0.0651 e. The number of nitrogens with one attached hydrogen (secondary N) is 1. The molecule has 2 heterocycles. The molecular weight excluding hydrogens is 292 g/mol. The van der Waals surface area contributed by atoms with Gasteiger partial charge in [0, 0.05) is 22.5 Å². The van der Waals surface area contributed by atoms with E-state index in [0.29, 0.717) is 0 Å². The molecule has 2 aromatic heterocycles. The Balaban J connectivity index is 0.000000160. The summed E-state index contributed by atoms with van der Waals surface area (Å²) in [4.78, 5) is 7.39. The Morgan fingerprint density at radius 2 is 1.54 bits per heavy atom. The van der Waals surface area contributed by atoms with Crippen molar-refractivity contribution < 1.29 is 0 Å². The summed E-state index contributed by atoms with van der Waals surface area (Å²) >= 11 is 0. The van der Waals surface area contributed by atoms with Crippen LogP contribution in [-0.4, -0.2) is 9.97 Å². The second-order valence-corrected chi connectivity index (χ2v) is 5.44. The van der Waals surface area contributed by atoms with E-state index in [1.165, 1.54) is 21.9 Å². The zero-order valence-corrected chi connectivity index (χ0v) is 14.4. The Hall–Kier alpha value is -2.87. The van der Waals surface area contributed by atoms with Crippen molar-refractivity contribution in [3.63, 3.8) is 0 Å². The van der Waals surface area contributed by atoms with Crippen LogP contribution in [-0.2, 0) is 0 Å². The highest BCUT2D eigenvalue weighted by Gasteiger charge is 2.00. The minimum Gasteiger partial charge on any atom is -0.353 e. The summed E-state index contributed by atoms with van der Waals surface area (Å²) in [5, 5.41) is 2.51. The SMILES string of the molecule is C=CCC.Cc1ccccc1.c1ccc2c(c1)[nH]c1cnccc12. The molecule has 0 spiro atoms. The summed E-state index contributed by atoms with van der Waals surface area (Å²) in [7, 11) is 0. The van der Waals surface area contributed by atoms with Crippen LogP contribution in [0, 0.1) is 6.92 Å². The van der Waals surface area contributed by atoms with Gasteiger partial charge in [0.2, 0.25) is 0 Å². The molecule has 0 unspecified atom stereocenters. The van der Waals surface area contributed by atoms with Gasteiger partial charge in [-0.25, -0.2) is 0 Å². The molecule has 2 nitrogen and oxygen atoms in total. The molecule has 2 aromatic carbocycles. The van der Waals surface area contributed by atoms with E-state index in [2.05, 4.69) is 60.7 Å². The maximum Gasteiger partial charge on any atom is 0.0651 e. The Labute approximate surface area is 143 Å². The molecule has 0 aliphatic rings. The number of aromatic amines is 1. The van der Waals surface area contributed by atoms with Crippen LogP contribution in [0.15, 0.2) is 85.7 Å². The van der Waals surface area contributed by atoms with Crippen LogP contribution in [0.1, 0.15) is 18.9 Å². The van der Waals surface area contributed by atoms with Gasteiger partial charge in [0.05, 0.1) is 11.7 Å². The first-order valence-corrected chi connectivity index (χ1v) is 8.19. The quantitative estimate of drug-likeness (QED) is 0.410. The van der Waals surface area contributed by atoms with Gasteiger partial charge >= 0.3 is 0 Å². The van der Waals surface area contributed by atoms with E-state index in [1.54, 1.807) is 0 Å². The molecule has 0 amide bonds. The van der Waals surface area contributed by atoms with Gasteiger partial charge in [0.25, 0.3) is 0 Å². The van der Waals surface area contributed by atoms with Crippen molar-refractivity contribution >= 4 is 21.8 Å². The first-order chi connectivity index (χ1) is 11.8. The number of benzene rings is 2. The van der Waals surface area contributed by atoms with E-state index >= 15 is 0 Å². The third kappa shape index (κ3) is 4.82. The molecule has 24 heavy (non-hydrogen) atoms. The van der Waals surface area contributed by atoms with E-state index in [-0.39, 0.29) is 0 Å². The lowest BCUT2D eigenvalue weighted by atomic mass is 10.2. The number of hydrogen-bond acceptors (Lipinski definition) is 1. The van der Waals surface area contributed by atoms with Crippen molar-refractivity contribution in [2.45, 2.75) is 20.3 Å². The molecule has 122 valence electrons. The maximum atomic E-state index is 4.08. The Morgan fingerprint density at radius 1 is 0.917 bits per heavy atom. The van der Waals surface area contributed by atoms with Gasteiger partial charge in [0.15, 0.2) is 0 Å². The van der Waals surface area contributed by atoms with Gasteiger partial charge in [-0.05, 0) is 25.5 Å². The number of pyridine rings is 1.